The highest BCUT2D eigenvalue weighted by molar-refractivity contribution is 7.99. The standard InChI is InChI=1S/C16H25NOS/c1-2-10-17-16-14-8-4-3-6-13(14)7-5-9-15(16)19-12-11-18/h3-4,6,8,15-18H,2,5,7,9-12H2,1H3. The van der Waals surface area contributed by atoms with Gasteiger partial charge in [0.25, 0.3) is 0 Å². The second-order valence-electron chi connectivity index (χ2n) is 5.16. The second-order valence-corrected chi connectivity index (χ2v) is 6.50. The summed E-state index contributed by atoms with van der Waals surface area (Å²) in [5, 5.41) is 13.4. The van der Waals surface area contributed by atoms with Crippen LogP contribution >= 0.6 is 11.8 Å². The van der Waals surface area contributed by atoms with E-state index in [2.05, 4.69) is 36.5 Å². The van der Waals surface area contributed by atoms with Gasteiger partial charge in [-0.2, -0.15) is 11.8 Å². The second kappa shape index (κ2) is 7.93. The molecule has 0 fully saturated rings. The van der Waals surface area contributed by atoms with Crippen LogP contribution in [0.2, 0.25) is 0 Å². The summed E-state index contributed by atoms with van der Waals surface area (Å²) < 4.78 is 0. The number of benzene rings is 1. The summed E-state index contributed by atoms with van der Waals surface area (Å²) in [6.45, 7) is 3.56. The van der Waals surface area contributed by atoms with E-state index in [9.17, 15) is 0 Å². The first-order chi connectivity index (χ1) is 9.36. The van der Waals surface area contributed by atoms with Gasteiger partial charge >= 0.3 is 0 Å². The molecule has 0 heterocycles. The van der Waals surface area contributed by atoms with E-state index in [1.807, 2.05) is 11.8 Å². The van der Waals surface area contributed by atoms with E-state index in [4.69, 9.17) is 5.11 Å². The quantitative estimate of drug-likeness (QED) is 0.785. The zero-order valence-electron chi connectivity index (χ0n) is 11.8. The molecule has 0 bridgehead atoms. The van der Waals surface area contributed by atoms with Crippen molar-refractivity contribution in [3.8, 4) is 0 Å². The molecule has 2 N–H and O–H groups in total. The lowest BCUT2D eigenvalue weighted by molar-refractivity contribution is 0.322. The molecule has 0 spiro atoms. The van der Waals surface area contributed by atoms with Gasteiger partial charge in [0.1, 0.15) is 0 Å². The minimum Gasteiger partial charge on any atom is -0.396 e. The molecule has 0 saturated carbocycles. The molecule has 3 heteroatoms. The van der Waals surface area contributed by atoms with Gasteiger partial charge in [-0.3, -0.25) is 0 Å². The van der Waals surface area contributed by atoms with Crippen LogP contribution in [-0.2, 0) is 6.42 Å². The Balaban J connectivity index is 2.19. The third kappa shape index (κ3) is 3.98. The van der Waals surface area contributed by atoms with Gasteiger partial charge in [-0.05, 0) is 43.4 Å². The number of rotatable bonds is 6. The largest absolute Gasteiger partial charge is 0.396 e. The van der Waals surface area contributed by atoms with Crippen molar-refractivity contribution >= 4 is 11.8 Å². The molecule has 0 amide bonds. The van der Waals surface area contributed by atoms with Crippen LogP contribution in [0.4, 0.5) is 0 Å². The smallest absolute Gasteiger partial charge is 0.0521 e. The van der Waals surface area contributed by atoms with E-state index in [1.165, 1.54) is 30.4 Å². The zero-order valence-corrected chi connectivity index (χ0v) is 12.6. The van der Waals surface area contributed by atoms with Crippen molar-refractivity contribution in [3.63, 3.8) is 0 Å². The number of aryl methyl sites for hydroxylation is 1. The SMILES string of the molecule is CCCNC1c2ccccc2CCCC1SCCO. The summed E-state index contributed by atoms with van der Waals surface area (Å²) in [6.07, 6.45) is 4.85. The van der Waals surface area contributed by atoms with Crippen molar-refractivity contribution in [3.05, 3.63) is 35.4 Å². The molecule has 2 unspecified atom stereocenters. The highest BCUT2D eigenvalue weighted by atomic mass is 32.2. The van der Waals surface area contributed by atoms with Gasteiger partial charge in [-0.1, -0.05) is 31.2 Å². The first kappa shape index (κ1) is 14.9. The highest BCUT2D eigenvalue weighted by Crippen LogP contribution is 2.35. The Morgan fingerprint density at radius 2 is 2.21 bits per heavy atom. The van der Waals surface area contributed by atoms with Crippen molar-refractivity contribution in [2.45, 2.75) is 43.9 Å². The molecule has 1 aromatic rings. The molecule has 1 aliphatic carbocycles. The molecule has 1 aliphatic rings. The van der Waals surface area contributed by atoms with Crippen LogP contribution < -0.4 is 5.32 Å². The molecule has 19 heavy (non-hydrogen) atoms. The molecule has 1 aromatic carbocycles. The van der Waals surface area contributed by atoms with Crippen molar-refractivity contribution in [2.24, 2.45) is 0 Å². The van der Waals surface area contributed by atoms with Crippen LogP contribution in [0.5, 0.6) is 0 Å². The Hall–Kier alpha value is -0.510. The van der Waals surface area contributed by atoms with E-state index in [0.29, 0.717) is 11.3 Å². The maximum atomic E-state index is 9.08. The maximum Gasteiger partial charge on any atom is 0.0521 e. The van der Waals surface area contributed by atoms with Gasteiger partial charge in [-0.15, -0.1) is 0 Å². The summed E-state index contributed by atoms with van der Waals surface area (Å²) in [6, 6.07) is 9.29. The Labute approximate surface area is 121 Å². The third-order valence-electron chi connectivity index (χ3n) is 3.73. The van der Waals surface area contributed by atoms with Gasteiger partial charge in [-0.25, -0.2) is 0 Å². The predicted octanol–water partition coefficient (Wildman–Crippen LogP) is 3.16. The molecule has 2 atom stereocenters. The van der Waals surface area contributed by atoms with E-state index >= 15 is 0 Å². The first-order valence-corrected chi connectivity index (χ1v) is 8.45. The van der Waals surface area contributed by atoms with Crippen LogP contribution in [-0.4, -0.2) is 29.3 Å². The van der Waals surface area contributed by atoms with E-state index in [0.717, 1.165) is 18.7 Å². The van der Waals surface area contributed by atoms with Gasteiger partial charge in [0.15, 0.2) is 0 Å². The minimum absolute atomic E-state index is 0.281. The number of aliphatic hydroxyl groups excluding tert-OH is 1. The zero-order chi connectivity index (χ0) is 13.5. The summed E-state index contributed by atoms with van der Waals surface area (Å²) in [5.74, 6) is 0.844. The molecular formula is C16H25NOS. The van der Waals surface area contributed by atoms with Crippen LogP contribution in [0.25, 0.3) is 0 Å². The van der Waals surface area contributed by atoms with Crippen LogP contribution in [0.3, 0.4) is 0 Å². The van der Waals surface area contributed by atoms with Gasteiger partial charge < -0.3 is 10.4 Å². The molecule has 0 saturated heterocycles. The average molecular weight is 279 g/mol. The number of nitrogens with one attached hydrogen (secondary N) is 1. The Bertz CT molecular complexity index is 381. The van der Waals surface area contributed by atoms with E-state index in [-0.39, 0.29) is 6.61 Å². The Kier molecular flexibility index (Phi) is 6.21. The fraction of sp³-hybridized carbons (Fsp3) is 0.625. The number of hydrogen-bond acceptors (Lipinski definition) is 3. The number of aliphatic hydroxyl groups is 1. The van der Waals surface area contributed by atoms with E-state index < -0.39 is 0 Å². The molecule has 2 nitrogen and oxygen atoms in total. The highest BCUT2D eigenvalue weighted by Gasteiger charge is 2.27. The topological polar surface area (TPSA) is 32.3 Å². The average Bonchev–Trinajstić information content (AvgIpc) is 2.62. The summed E-state index contributed by atoms with van der Waals surface area (Å²) in [5.41, 5.74) is 2.98. The van der Waals surface area contributed by atoms with Crippen molar-refractivity contribution < 1.29 is 5.11 Å². The van der Waals surface area contributed by atoms with Gasteiger partial charge in [0.2, 0.25) is 0 Å². The summed E-state index contributed by atoms with van der Waals surface area (Å²) in [4.78, 5) is 0. The van der Waals surface area contributed by atoms with Crippen molar-refractivity contribution in [1.82, 2.24) is 5.32 Å². The first-order valence-electron chi connectivity index (χ1n) is 7.40. The normalized spacial score (nSPS) is 22.8. The van der Waals surface area contributed by atoms with Crippen LogP contribution in [0, 0.1) is 0 Å². The Morgan fingerprint density at radius 3 is 3.00 bits per heavy atom. The number of fused-ring (bicyclic) bond motifs is 1. The van der Waals surface area contributed by atoms with Gasteiger partial charge in [0.05, 0.1) is 6.61 Å². The summed E-state index contributed by atoms with van der Waals surface area (Å²) >= 11 is 1.92. The lowest BCUT2D eigenvalue weighted by atomic mass is 9.99. The van der Waals surface area contributed by atoms with Crippen molar-refractivity contribution in [2.75, 3.05) is 18.9 Å². The van der Waals surface area contributed by atoms with E-state index in [1.54, 1.807) is 0 Å². The third-order valence-corrected chi connectivity index (χ3v) is 5.09. The lowest BCUT2D eigenvalue weighted by Gasteiger charge is -2.27. The maximum absolute atomic E-state index is 9.08. The molecular weight excluding hydrogens is 254 g/mol. The fourth-order valence-corrected chi connectivity index (χ4v) is 4.03. The predicted molar refractivity (Wildman–Crippen MR) is 83.7 cm³/mol. The van der Waals surface area contributed by atoms with Crippen molar-refractivity contribution in [1.29, 1.82) is 0 Å². The molecule has 0 aliphatic heterocycles. The molecule has 106 valence electrons. The molecule has 2 rings (SSSR count). The Morgan fingerprint density at radius 1 is 1.37 bits per heavy atom. The van der Waals surface area contributed by atoms with Gasteiger partial charge in [0, 0.05) is 17.0 Å². The molecule has 0 radical (unpaired) electrons. The summed E-state index contributed by atoms with van der Waals surface area (Å²) in [7, 11) is 0. The monoisotopic (exact) mass is 279 g/mol. The number of hydrogen-bond donors (Lipinski definition) is 2. The fourth-order valence-electron chi connectivity index (χ4n) is 2.85. The minimum atomic E-state index is 0.281. The van der Waals surface area contributed by atoms with Crippen LogP contribution in [0.1, 0.15) is 43.4 Å². The molecule has 0 aromatic heterocycles. The van der Waals surface area contributed by atoms with Crippen LogP contribution in [0.15, 0.2) is 24.3 Å². The number of thioether (sulfide) groups is 1. The lowest BCUT2D eigenvalue weighted by Crippen LogP contribution is -2.31.